The van der Waals surface area contributed by atoms with E-state index in [0.29, 0.717) is 17.4 Å². The fourth-order valence-electron chi connectivity index (χ4n) is 8.35. The molecule has 0 spiro atoms. The molecule has 0 aromatic carbocycles. The molecule has 2 N–H and O–H groups in total. The Hall–Kier alpha value is -1.80. The zero-order valence-electron chi connectivity index (χ0n) is 46.0. The lowest BCUT2D eigenvalue weighted by atomic mass is 10.0. The number of nitrogens with one attached hydrogen (secondary N) is 1. The highest BCUT2D eigenvalue weighted by Crippen LogP contribution is 2.38. The van der Waals surface area contributed by atoms with Gasteiger partial charge in [-0.3, -0.25) is 9.36 Å². The second-order valence-corrected chi connectivity index (χ2v) is 22.4. The standard InChI is InChI=1S/C60H113N2O6P/c1-6-8-10-12-14-16-18-20-22-24-26-27-28-29-30-31-32-33-34-35-36-38-40-42-44-46-48-50-52-54-60(64)61-58(57-68-69(65,66)67-56-55-62(3,4)5)59(63)53-51-49-47-45-43-41-39-37-25-23-21-19-17-15-13-11-9-7-2/h18,20,24,26,28-29,43,45,51,53,58-59,63H,6-17,19,21-23,25,27,30-42,44,46-50,52,54-57H2,1-5H3,(H-,61,64,65,66)/b20-18-,26-24-,29-28-,45-43+,53-51+. The molecule has 0 rings (SSSR count). The second-order valence-electron chi connectivity index (χ2n) is 21.0. The van der Waals surface area contributed by atoms with Crippen LogP contribution in [0.5, 0.6) is 0 Å². The summed E-state index contributed by atoms with van der Waals surface area (Å²) in [4.78, 5) is 25.5. The van der Waals surface area contributed by atoms with Gasteiger partial charge in [0.1, 0.15) is 13.2 Å². The lowest BCUT2D eigenvalue weighted by Gasteiger charge is -2.29. The van der Waals surface area contributed by atoms with Crippen LogP contribution in [0.15, 0.2) is 60.8 Å². The van der Waals surface area contributed by atoms with Crippen molar-refractivity contribution in [1.29, 1.82) is 0 Å². The van der Waals surface area contributed by atoms with Crippen molar-refractivity contribution in [3.8, 4) is 0 Å². The molecular formula is C60H113N2O6P. The van der Waals surface area contributed by atoms with E-state index in [0.717, 1.165) is 51.4 Å². The molecule has 0 fully saturated rings. The number of phosphoric ester groups is 1. The second kappa shape index (κ2) is 51.1. The van der Waals surface area contributed by atoms with Crippen LogP contribution in [-0.2, 0) is 18.4 Å². The molecule has 0 aromatic heterocycles. The van der Waals surface area contributed by atoms with Crippen LogP contribution in [0.4, 0.5) is 0 Å². The normalized spacial score (nSPS) is 14.4. The van der Waals surface area contributed by atoms with Gasteiger partial charge in [-0.15, -0.1) is 0 Å². The van der Waals surface area contributed by atoms with E-state index in [1.165, 1.54) is 193 Å². The van der Waals surface area contributed by atoms with Crippen molar-refractivity contribution in [2.24, 2.45) is 0 Å². The number of likely N-dealkylation sites (N-methyl/N-ethyl adjacent to an activating group) is 1. The molecule has 69 heavy (non-hydrogen) atoms. The van der Waals surface area contributed by atoms with E-state index < -0.39 is 26.6 Å². The maximum atomic E-state index is 13.0. The van der Waals surface area contributed by atoms with Gasteiger partial charge in [-0.2, -0.15) is 0 Å². The molecule has 9 heteroatoms. The number of carbonyl (C=O) groups excluding carboxylic acids is 1. The lowest BCUT2D eigenvalue weighted by molar-refractivity contribution is -0.870. The number of hydrogen-bond acceptors (Lipinski definition) is 6. The number of nitrogens with zero attached hydrogens (tertiary/aromatic N) is 1. The van der Waals surface area contributed by atoms with Crippen LogP contribution in [0, 0.1) is 0 Å². The number of aliphatic hydroxyl groups is 1. The Morgan fingerprint density at radius 1 is 0.507 bits per heavy atom. The number of carbonyl (C=O) groups is 1. The van der Waals surface area contributed by atoms with E-state index in [1.807, 2.05) is 27.2 Å². The van der Waals surface area contributed by atoms with E-state index >= 15 is 0 Å². The van der Waals surface area contributed by atoms with Crippen LogP contribution in [0.25, 0.3) is 0 Å². The van der Waals surface area contributed by atoms with Gasteiger partial charge in [0, 0.05) is 6.42 Å². The zero-order chi connectivity index (χ0) is 50.6. The van der Waals surface area contributed by atoms with Crippen LogP contribution >= 0.6 is 7.82 Å². The molecular weight excluding hydrogens is 876 g/mol. The maximum Gasteiger partial charge on any atom is 0.268 e. The maximum absolute atomic E-state index is 13.0. The van der Waals surface area contributed by atoms with Crippen LogP contribution in [-0.4, -0.2) is 68.5 Å². The minimum atomic E-state index is -4.61. The smallest absolute Gasteiger partial charge is 0.268 e. The molecule has 0 aliphatic rings. The predicted molar refractivity (Wildman–Crippen MR) is 297 cm³/mol. The average molecular weight is 990 g/mol. The summed E-state index contributed by atoms with van der Waals surface area (Å²) >= 11 is 0. The SMILES string of the molecule is CCCCCCC/C=C\C/C=C\C/C=C\CCCCCCCCCCCCCCCCC(=O)NC(COP(=O)([O-])OCC[N+](C)(C)C)C(O)/C=C/CC/C=C/CCCCCCCCCCCCCC. The van der Waals surface area contributed by atoms with Crippen LogP contribution in [0.1, 0.15) is 264 Å². The third kappa shape index (κ3) is 53.8. The average Bonchev–Trinajstić information content (AvgIpc) is 3.31. The van der Waals surface area contributed by atoms with E-state index in [1.54, 1.807) is 6.08 Å². The number of aliphatic hydroxyl groups excluding tert-OH is 1. The summed E-state index contributed by atoms with van der Waals surface area (Å²) < 4.78 is 23.3. The van der Waals surface area contributed by atoms with Gasteiger partial charge in [0.25, 0.3) is 7.82 Å². The molecule has 1 amide bonds. The highest BCUT2D eigenvalue weighted by molar-refractivity contribution is 7.45. The van der Waals surface area contributed by atoms with Gasteiger partial charge < -0.3 is 28.8 Å². The van der Waals surface area contributed by atoms with Crippen molar-refractivity contribution in [3.05, 3.63) is 60.8 Å². The van der Waals surface area contributed by atoms with Crippen molar-refractivity contribution >= 4 is 13.7 Å². The summed E-state index contributed by atoms with van der Waals surface area (Å²) in [6.07, 6.45) is 68.7. The Balaban J connectivity index is 4.19. The molecule has 3 atom stereocenters. The molecule has 0 aromatic rings. The molecule has 8 nitrogen and oxygen atoms in total. The minimum Gasteiger partial charge on any atom is -0.756 e. The number of quaternary nitrogens is 1. The van der Waals surface area contributed by atoms with Crippen LogP contribution < -0.4 is 10.2 Å². The van der Waals surface area contributed by atoms with E-state index in [9.17, 15) is 19.4 Å². The Bertz CT molecular complexity index is 1310. The fourth-order valence-corrected chi connectivity index (χ4v) is 9.08. The number of hydrogen-bond donors (Lipinski definition) is 2. The van der Waals surface area contributed by atoms with E-state index in [-0.39, 0.29) is 12.5 Å². The van der Waals surface area contributed by atoms with Gasteiger partial charge in [-0.25, -0.2) is 0 Å². The minimum absolute atomic E-state index is 0.00750. The summed E-state index contributed by atoms with van der Waals surface area (Å²) in [6.45, 7) is 4.63. The number of amides is 1. The Morgan fingerprint density at radius 2 is 0.855 bits per heavy atom. The molecule has 0 saturated heterocycles. The summed E-state index contributed by atoms with van der Waals surface area (Å²) in [5.41, 5.74) is 0. The van der Waals surface area contributed by atoms with Gasteiger partial charge in [0.2, 0.25) is 5.91 Å². The molecule has 0 bridgehead atoms. The third-order valence-corrected chi connectivity index (χ3v) is 13.9. The van der Waals surface area contributed by atoms with Crippen molar-refractivity contribution in [1.82, 2.24) is 5.32 Å². The van der Waals surface area contributed by atoms with E-state index in [2.05, 4.69) is 67.8 Å². The Kier molecular flexibility index (Phi) is 49.8. The highest BCUT2D eigenvalue weighted by Gasteiger charge is 2.23. The molecule has 0 heterocycles. The fraction of sp³-hybridized carbons (Fsp3) is 0.817. The molecule has 0 aliphatic heterocycles. The quantitative estimate of drug-likeness (QED) is 0.0272. The first kappa shape index (κ1) is 67.2. The van der Waals surface area contributed by atoms with E-state index in [4.69, 9.17) is 9.05 Å². The Labute approximate surface area is 428 Å². The molecule has 0 aliphatic carbocycles. The Morgan fingerprint density at radius 3 is 1.28 bits per heavy atom. The molecule has 0 radical (unpaired) electrons. The monoisotopic (exact) mass is 989 g/mol. The number of rotatable bonds is 53. The lowest BCUT2D eigenvalue weighted by Crippen LogP contribution is -2.45. The van der Waals surface area contributed by atoms with Gasteiger partial charge in [-0.1, -0.05) is 248 Å². The summed E-state index contributed by atoms with van der Waals surface area (Å²) in [6, 6.07) is -0.906. The highest BCUT2D eigenvalue weighted by atomic mass is 31.2. The first-order valence-electron chi connectivity index (χ1n) is 29.2. The van der Waals surface area contributed by atoms with Gasteiger partial charge in [0.05, 0.1) is 39.9 Å². The van der Waals surface area contributed by atoms with Crippen molar-refractivity contribution in [2.45, 2.75) is 276 Å². The van der Waals surface area contributed by atoms with Crippen LogP contribution in [0.2, 0.25) is 0 Å². The van der Waals surface area contributed by atoms with Gasteiger partial charge in [-0.05, 0) is 70.6 Å². The topological polar surface area (TPSA) is 108 Å². The van der Waals surface area contributed by atoms with Crippen molar-refractivity contribution < 1.29 is 32.9 Å². The first-order valence-corrected chi connectivity index (χ1v) is 30.6. The summed E-state index contributed by atoms with van der Waals surface area (Å²) in [7, 11) is 1.24. The summed E-state index contributed by atoms with van der Waals surface area (Å²) in [5.74, 6) is -0.207. The van der Waals surface area contributed by atoms with Crippen molar-refractivity contribution in [2.75, 3.05) is 40.9 Å². The zero-order valence-corrected chi connectivity index (χ0v) is 46.9. The molecule has 3 unspecified atom stereocenters. The predicted octanol–water partition coefficient (Wildman–Crippen LogP) is 17.1. The van der Waals surface area contributed by atoms with Crippen LogP contribution in [0.3, 0.4) is 0 Å². The first-order chi connectivity index (χ1) is 33.5. The third-order valence-electron chi connectivity index (χ3n) is 12.9. The van der Waals surface area contributed by atoms with Gasteiger partial charge in [0.15, 0.2) is 0 Å². The number of allylic oxidation sites excluding steroid dienone is 9. The summed E-state index contributed by atoms with van der Waals surface area (Å²) in [5, 5.41) is 13.9. The molecule has 0 saturated carbocycles. The largest absolute Gasteiger partial charge is 0.756 e. The number of unbranched alkanes of at least 4 members (excludes halogenated alkanes) is 32. The molecule has 404 valence electrons. The van der Waals surface area contributed by atoms with Gasteiger partial charge >= 0.3 is 0 Å². The number of phosphoric acid groups is 1. The van der Waals surface area contributed by atoms with Crippen molar-refractivity contribution in [3.63, 3.8) is 0 Å².